The lowest BCUT2D eigenvalue weighted by molar-refractivity contribution is -0.136. The van der Waals surface area contributed by atoms with Gasteiger partial charge in [-0.25, -0.2) is 0 Å². The summed E-state index contributed by atoms with van der Waals surface area (Å²) in [5.41, 5.74) is 1.33. The molecule has 1 aliphatic rings. The van der Waals surface area contributed by atoms with Gasteiger partial charge in [0.05, 0.1) is 25.1 Å². The van der Waals surface area contributed by atoms with Crippen molar-refractivity contribution in [3.05, 3.63) is 59.7 Å². The number of benzene rings is 2. The molecule has 1 heterocycles. The molecule has 0 aromatic heterocycles. The fourth-order valence-electron chi connectivity index (χ4n) is 4.13. The van der Waals surface area contributed by atoms with Gasteiger partial charge in [-0.05, 0) is 43.5 Å². The summed E-state index contributed by atoms with van der Waals surface area (Å²) in [6, 6.07) is 12.2. The first-order valence-corrected chi connectivity index (χ1v) is 13.2. The van der Waals surface area contributed by atoms with E-state index in [-0.39, 0.29) is 50.1 Å². The molecule has 3 rings (SSSR count). The van der Waals surface area contributed by atoms with Crippen LogP contribution in [-0.2, 0) is 14.4 Å². The summed E-state index contributed by atoms with van der Waals surface area (Å²) in [6.07, 6.45) is 0.0865. The number of hydrogen-bond donors (Lipinski definition) is 3. The number of nitrogens with one attached hydrogen (secondary N) is 3. The van der Waals surface area contributed by atoms with E-state index in [1.165, 1.54) is 4.90 Å². The van der Waals surface area contributed by atoms with Crippen molar-refractivity contribution in [2.45, 2.75) is 45.7 Å². The number of hydrogen-bond acceptors (Lipinski definition) is 6. The van der Waals surface area contributed by atoms with E-state index in [9.17, 15) is 19.2 Å². The van der Waals surface area contributed by atoms with E-state index in [1.807, 2.05) is 45.0 Å². The molecule has 1 aliphatic heterocycles. The molecule has 2 aromatic carbocycles. The molecule has 0 saturated heterocycles. The van der Waals surface area contributed by atoms with Crippen LogP contribution in [0.1, 0.15) is 42.6 Å². The molecule has 0 bridgehead atoms. The third-order valence-corrected chi connectivity index (χ3v) is 6.23. The SMILES string of the molecule is Cc1ccc(OCCNC(=O)[C@@H]2CC(=O)N[C@@H](CC(C)C)C(=O)N(C)CCOc3ccccc3C(=O)N2)cc1. The highest BCUT2D eigenvalue weighted by Gasteiger charge is 2.30. The van der Waals surface area contributed by atoms with Crippen molar-refractivity contribution in [2.24, 2.45) is 5.92 Å². The van der Waals surface area contributed by atoms with Crippen LogP contribution in [0.5, 0.6) is 11.5 Å². The van der Waals surface area contributed by atoms with E-state index in [0.29, 0.717) is 17.9 Å². The summed E-state index contributed by atoms with van der Waals surface area (Å²) >= 11 is 0. The number of para-hydroxylation sites is 1. The maximum atomic E-state index is 13.2. The van der Waals surface area contributed by atoms with Gasteiger partial charge in [0.25, 0.3) is 5.91 Å². The lowest BCUT2D eigenvalue weighted by Crippen LogP contribution is -2.53. The molecule has 3 N–H and O–H groups in total. The number of ether oxygens (including phenoxy) is 2. The van der Waals surface area contributed by atoms with Crippen molar-refractivity contribution in [3.8, 4) is 11.5 Å². The number of aryl methyl sites for hydroxylation is 1. The van der Waals surface area contributed by atoms with Gasteiger partial charge in [-0.2, -0.15) is 0 Å². The van der Waals surface area contributed by atoms with Crippen molar-refractivity contribution in [2.75, 3.05) is 33.4 Å². The second-order valence-corrected chi connectivity index (χ2v) is 10.0. The second-order valence-electron chi connectivity index (χ2n) is 10.0. The van der Waals surface area contributed by atoms with Gasteiger partial charge in [-0.15, -0.1) is 0 Å². The average molecular weight is 539 g/mol. The van der Waals surface area contributed by atoms with Gasteiger partial charge in [0.15, 0.2) is 0 Å². The van der Waals surface area contributed by atoms with E-state index in [2.05, 4.69) is 16.0 Å². The number of fused-ring (bicyclic) bond motifs is 1. The summed E-state index contributed by atoms with van der Waals surface area (Å²) < 4.78 is 11.5. The van der Waals surface area contributed by atoms with Crippen molar-refractivity contribution in [1.82, 2.24) is 20.9 Å². The van der Waals surface area contributed by atoms with Gasteiger partial charge < -0.3 is 30.3 Å². The van der Waals surface area contributed by atoms with Gasteiger partial charge in [-0.3, -0.25) is 19.2 Å². The maximum Gasteiger partial charge on any atom is 0.255 e. The normalized spacial score (nSPS) is 18.8. The highest BCUT2D eigenvalue weighted by molar-refractivity contribution is 6.01. The molecule has 10 heteroatoms. The first kappa shape index (κ1) is 29.5. The zero-order valence-electron chi connectivity index (χ0n) is 23.0. The lowest BCUT2D eigenvalue weighted by Gasteiger charge is -2.27. The van der Waals surface area contributed by atoms with E-state index in [4.69, 9.17) is 9.47 Å². The van der Waals surface area contributed by atoms with Crippen LogP contribution in [0.25, 0.3) is 0 Å². The Labute approximate surface area is 229 Å². The molecule has 0 fully saturated rings. The van der Waals surface area contributed by atoms with Crippen molar-refractivity contribution in [3.63, 3.8) is 0 Å². The minimum atomic E-state index is -1.18. The predicted octanol–water partition coefficient (Wildman–Crippen LogP) is 2.06. The largest absolute Gasteiger partial charge is 0.492 e. The standard InChI is InChI=1S/C29H38N4O6/c1-19(2)17-24-29(37)33(4)14-16-39-25-8-6-5-7-22(25)27(35)32-23(18-26(34)31-24)28(36)30-13-15-38-21-11-9-20(3)10-12-21/h5-12,19,23-24H,13-18H2,1-4H3,(H,30,36)(H,31,34)(H,32,35)/t23-,24-/m0/s1. The Balaban J connectivity index is 1.76. The molecule has 10 nitrogen and oxygen atoms in total. The number of rotatable bonds is 7. The summed E-state index contributed by atoms with van der Waals surface area (Å²) in [4.78, 5) is 53.9. The molecular weight excluding hydrogens is 500 g/mol. The molecule has 0 spiro atoms. The van der Waals surface area contributed by atoms with Crippen LogP contribution in [-0.4, -0.2) is 74.0 Å². The third-order valence-electron chi connectivity index (χ3n) is 6.23. The van der Waals surface area contributed by atoms with Crippen molar-refractivity contribution in [1.29, 1.82) is 0 Å². The Morgan fingerprint density at radius 2 is 1.82 bits per heavy atom. The van der Waals surface area contributed by atoms with Crippen LogP contribution < -0.4 is 25.4 Å². The Hall–Kier alpha value is -4.08. The van der Waals surface area contributed by atoms with Gasteiger partial charge in [0.2, 0.25) is 17.7 Å². The highest BCUT2D eigenvalue weighted by Crippen LogP contribution is 2.19. The fraction of sp³-hybridized carbons (Fsp3) is 0.448. The number of carbonyl (C=O) groups excluding carboxylic acids is 4. The quantitative estimate of drug-likeness (QED) is 0.464. The minimum Gasteiger partial charge on any atom is -0.492 e. The first-order chi connectivity index (χ1) is 18.6. The molecule has 2 atom stereocenters. The van der Waals surface area contributed by atoms with Gasteiger partial charge in [-0.1, -0.05) is 43.7 Å². The molecule has 4 amide bonds. The second kappa shape index (κ2) is 14.2. The van der Waals surface area contributed by atoms with E-state index < -0.39 is 29.8 Å². The summed E-state index contributed by atoms with van der Waals surface area (Å²) in [5, 5.41) is 8.17. The molecule has 0 unspecified atom stereocenters. The zero-order valence-corrected chi connectivity index (χ0v) is 23.0. The average Bonchev–Trinajstić information content (AvgIpc) is 2.90. The zero-order chi connectivity index (χ0) is 28.4. The van der Waals surface area contributed by atoms with Crippen LogP contribution in [0.3, 0.4) is 0 Å². The van der Waals surface area contributed by atoms with Crippen LogP contribution >= 0.6 is 0 Å². The smallest absolute Gasteiger partial charge is 0.255 e. The van der Waals surface area contributed by atoms with Crippen LogP contribution in [0.2, 0.25) is 0 Å². The summed E-state index contributed by atoms with van der Waals surface area (Å²) in [6.45, 7) is 6.69. The monoisotopic (exact) mass is 538 g/mol. The lowest BCUT2D eigenvalue weighted by atomic mass is 10.0. The fourth-order valence-corrected chi connectivity index (χ4v) is 4.13. The van der Waals surface area contributed by atoms with Crippen LogP contribution in [0.15, 0.2) is 48.5 Å². The Morgan fingerprint density at radius 3 is 2.54 bits per heavy atom. The number of amides is 4. The molecule has 0 radical (unpaired) electrons. The topological polar surface area (TPSA) is 126 Å². The number of nitrogens with zero attached hydrogens (tertiary/aromatic N) is 1. The number of likely N-dealkylation sites (N-methyl/N-ethyl adjacent to an activating group) is 1. The third kappa shape index (κ3) is 9.01. The Morgan fingerprint density at radius 1 is 1.10 bits per heavy atom. The summed E-state index contributed by atoms with van der Waals surface area (Å²) in [5.74, 6) is -0.716. The first-order valence-electron chi connectivity index (χ1n) is 13.2. The molecular formula is C29H38N4O6. The number of carbonyl (C=O) groups is 4. The van der Waals surface area contributed by atoms with E-state index >= 15 is 0 Å². The predicted molar refractivity (Wildman–Crippen MR) is 147 cm³/mol. The van der Waals surface area contributed by atoms with E-state index in [0.717, 1.165) is 5.56 Å². The highest BCUT2D eigenvalue weighted by atomic mass is 16.5. The minimum absolute atomic E-state index is 0.141. The molecule has 39 heavy (non-hydrogen) atoms. The molecule has 2 aromatic rings. The molecule has 0 aliphatic carbocycles. The molecule has 0 saturated carbocycles. The van der Waals surface area contributed by atoms with Gasteiger partial charge in [0.1, 0.15) is 36.8 Å². The van der Waals surface area contributed by atoms with Crippen LogP contribution in [0.4, 0.5) is 0 Å². The van der Waals surface area contributed by atoms with Crippen molar-refractivity contribution < 1.29 is 28.7 Å². The van der Waals surface area contributed by atoms with Crippen LogP contribution in [0, 0.1) is 12.8 Å². The maximum absolute atomic E-state index is 13.2. The van der Waals surface area contributed by atoms with E-state index in [1.54, 1.807) is 31.3 Å². The summed E-state index contributed by atoms with van der Waals surface area (Å²) in [7, 11) is 1.64. The molecule has 210 valence electrons. The van der Waals surface area contributed by atoms with Gasteiger partial charge >= 0.3 is 0 Å². The Kier molecular flexibility index (Phi) is 10.7. The van der Waals surface area contributed by atoms with Gasteiger partial charge in [0, 0.05) is 7.05 Å². The van der Waals surface area contributed by atoms with Crippen molar-refractivity contribution >= 4 is 23.6 Å². The Bertz CT molecular complexity index is 1150.